The third-order valence-corrected chi connectivity index (χ3v) is 1.61. The van der Waals surface area contributed by atoms with Gasteiger partial charge in [0, 0.05) is 6.42 Å². The van der Waals surface area contributed by atoms with Crippen molar-refractivity contribution in [1.82, 2.24) is 5.32 Å². The van der Waals surface area contributed by atoms with Crippen molar-refractivity contribution < 1.29 is 8.78 Å². The Bertz CT molecular complexity index is 123. The maximum atomic E-state index is 12.7. The van der Waals surface area contributed by atoms with E-state index in [4.69, 9.17) is 0 Å². The maximum Gasteiger partial charge on any atom is 0.323 e. The van der Waals surface area contributed by atoms with Gasteiger partial charge in [-0.3, -0.25) is 0 Å². The summed E-state index contributed by atoms with van der Waals surface area (Å²) in [6.07, 6.45) is 1.67. The first-order valence-corrected chi connectivity index (χ1v) is 3.78. The van der Waals surface area contributed by atoms with Gasteiger partial charge in [0.25, 0.3) is 0 Å². The Kier molecular flexibility index (Phi) is 4.08. The van der Waals surface area contributed by atoms with Crippen molar-refractivity contribution in [3.63, 3.8) is 0 Å². The summed E-state index contributed by atoms with van der Waals surface area (Å²) in [7, 11) is 0. The van der Waals surface area contributed by atoms with Crippen LogP contribution in [0.15, 0.2) is 12.8 Å². The number of halogens is 2. The minimum atomic E-state index is -2.79. The predicted molar refractivity (Wildman–Crippen MR) is 42.4 cm³/mol. The number of alkyl halides is 2. The second-order valence-electron chi connectivity index (χ2n) is 2.77. The maximum absolute atomic E-state index is 12.7. The minimum Gasteiger partial charge on any atom is -0.334 e. The van der Waals surface area contributed by atoms with Crippen molar-refractivity contribution in [2.45, 2.75) is 32.7 Å². The molecule has 0 saturated carbocycles. The highest BCUT2D eigenvalue weighted by atomic mass is 19.3. The number of nitrogens with one attached hydrogen (secondary N) is 1. The van der Waals surface area contributed by atoms with E-state index in [0.29, 0.717) is 0 Å². The summed E-state index contributed by atoms with van der Waals surface area (Å²) in [4.78, 5) is 0. The molecule has 0 aromatic heterocycles. The molecule has 1 unspecified atom stereocenters. The lowest BCUT2D eigenvalue weighted by Gasteiger charge is -2.19. The fraction of sp³-hybridized carbons (Fsp3) is 0.750. The summed E-state index contributed by atoms with van der Waals surface area (Å²) < 4.78 is 25.4. The van der Waals surface area contributed by atoms with Gasteiger partial charge in [0.05, 0.1) is 0 Å². The Balaban J connectivity index is 3.79. The Morgan fingerprint density at radius 2 is 2.18 bits per heavy atom. The molecule has 0 aromatic carbocycles. The van der Waals surface area contributed by atoms with Crippen LogP contribution in [0.5, 0.6) is 0 Å². The molecule has 0 amide bonds. The molecule has 3 heteroatoms. The normalized spacial score (nSPS) is 14.2. The Morgan fingerprint density at radius 3 is 2.55 bits per heavy atom. The monoisotopic (exact) mass is 163 g/mol. The molecule has 0 aliphatic rings. The number of hydrogen-bond acceptors (Lipinski definition) is 1. The second kappa shape index (κ2) is 4.31. The van der Waals surface area contributed by atoms with E-state index < -0.39 is 6.05 Å². The topological polar surface area (TPSA) is 12.0 Å². The van der Waals surface area contributed by atoms with E-state index in [-0.39, 0.29) is 12.3 Å². The van der Waals surface area contributed by atoms with E-state index in [1.807, 2.05) is 12.2 Å². The van der Waals surface area contributed by atoms with Gasteiger partial charge in [-0.15, -0.1) is 0 Å². The van der Waals surface area contributed by atoms with Gasteiger partial charge in [-0.05, 0) is 12.1 Å². The van der Waals surface area contributed by atoms with Gasteiger partial charge < -0.3 is 5.32 Å². The quantitative estimate of drug-likeness (QED) is 0.614. The molecule has 11 heavy (non-hydrogen) atoms. The molecule has 0 bridgehead atoms. The van der Waals surface area contributed by atoms with Gasteiger partial charge in [0.1, 0.15) is 0 Å². The predicted octanol–water partition coefficient (Wildman–Crippen LogP) is 2.75. The summed E-state index contributed by atoms with van der Waals surface area (Å²) in [6.45, 7) is 6.89. The average molecular weight is 163 g/mol. The molecule has 0 radical (unpaired) electrons. The largest absolute Gasteiger partial charge is 0.334 e. The van der Waals surface area contributed by atoms with Gasteiger partial charge in [0.15, 0.2) is 0 Å². The number of rotatable bonds is 5. The van der Waals surface area contributed by atoms with E-state index in [0.717, 1.165) is 12.6 Å². The molecule has 1 N–H and O–H groups in total. The van der Waals surface area contributed by atoms with Crippen LogP contribution in [-0.2, 0) is 0 Å². The third kappa shape index (κ3) is 4.76. The van der Waals surface area contributed by atoms with Crippen molar-refractivity contribution in [1.29, 1.82) is 0 Å². The molecule has 0 rings (SSSR count). The van der Waals surface area contributed by atoms with Crippen LogP contribution in [0.25, 0.3) is 0 Å². The lowest BCUT2D eigenvalue weighted by atomic mass is 10.0. The fourth-order valence-corrected chi connectivity index (χ4v) is 0.790. The first-order chi connectivity index (χ1) is 5.02. The summed E-state index contributed by atoms with van der Waals surface area (Å²) in [5.74, 6) is 0.0393. The van der Waals surface area contributed by atoms with Crippen LogP contribution in [0.4, 0.5) is 8.78 Å². The van der Waals surface area contributed by atoms with Crippen molar-refractivity contribution in [3.8, 4) is 0 Å². The summed E-state index contributed by atoms with van der Waals surface area (Å²) in [5, 5.41) is 1.92. The van der Waals surface area contributed by atoms with E-state index in [1.54, 1.807) is 6.92 Å². The molecule has 66 valence electrons. The third-order valence-electron chi connectivity index (χ3n) is 1.61. The van der Waals surface area contributed by atoms with Crippen molar-refractivity contribution in [2.24, 2.45) is 5.92 Å². The summed E-state index contributed by atoms with van der Waals surface area (Å²) in [5.41, 5.74) is 0. The molecule has 1 nitrogen and oxygen atoms in total. The average Bonchev–Trinajstić information content (AvgIpc) is 1.86. The highest BCUT2D eigenvalue weighted by Crippen LogP contribution is 2.21. The molecule has 0 heterocycles. The van der Waals surface area contributed by atoms with E-state index in [1.165, 1.54) is 0 Å². The fourth-order valence-electron chi connectivity index (χ4n) is 0.790. The molecule has 0 aliphatic carbocycles. The highest BCUT2D eigenvalue weighted by Gasteiger charge is 2.28. The van der Waals surface area contributed by atoms with Gasteiger partial charge in [-0.25, -0.2) is 0 Å². The van der Waals surface area contributed by atoms with Crippen LogP contribution < -0.4 is 5.32 Å². The van der Waals surface area contributed by atoms with Crippen LogP contribution in [0.3, 0.4) is 0 Å². The van der Waals surface area contributed by atoms with Crippen LogP contribution in [0.1, 0.15) is 26.7 Å². The minimum absolute atomic E-state index is 0.0393. The molecular formula is C8H15F2N. The number of hydrogen-bond donors (Lipinski definition) is 1. The van der Waals surface area contributed by atoms with Crippen LogP contribution in [-0.4, -0.2) is 6.05 Å². The van der Waals surface area contributed by atoms with Gasteiger partial charge in [0.2, 0.25) is 0 Å². The van der Waals surface area contributed by atoms with Crippen LogP contribution >= 0.6 is 0 Å². The zero-order valence-corrected chi connectivity index (χ0v) is 7.03. The molecule has 0 fully saturated rings. The SMILES string of the molecule is C=CNC(F)(F)CC(C)CC. The van der Waals surface area contributed by atoms with Crippen LogP contribution in [0.2, 0.25) is 0 Å². The Morgan fingerprint density at radius 1 is 1.64 bits per heavy atom. The molecular weight excluding hydrogens is 148 g/mol. The molecule has 0 aromatic rings. The Labute approximate surface area is 66.5 Å². The van der Waals surface area contributed by atoms with Gasteiger partial charge in [-0.1, -0.05) is 26.8 Å². The van der Waals surface area contributed by atoms with E-state index in [2.05, 4.69) is 6.58 Å². The smallest absolute Gasteiger partial charge is 0.323 e. The van der Waals surface area contributed by atoms with E-state index in [9.17, 15) is 8.78 Å². The van der Waals surface area contributed by atoms with Crippen molar-refractivity contribution in [2.75, 3.05) is 0 Å². The van der Waals surface area contributed by atoms with Gasteiger partial charge in [-0.2, -0.15) is 8.78 Å². The first-order valence-electron chi connectivity index (χ1n) is 3.78. The lowest BCUT2D eigenvalue weighted by Crippen LogP contribution is -2.33. The first kappa shape index (κ1) is 10.4. The molecule has 0 aliphatic heterocycles. The summed E-state index contributed by atoms with van der Waals surface area (Å²) in [6, 6.07) is -2.79. The van der Waals surface area contributed by atoms with Crippen molar-refractivity contribution in [3.05, 3.63) is 12.8 Å². The molecule has 0 saturated heterocycles. The van der Waals surface area contributed by atoms with Gasteiger partial charge >= 0.3 is 6.05 Å². The lowest BCUT2D eigenvalue weighted by molar-refractivity contribution is -0.0420. The zero-order chi connectivity index (χ0) is 8.91. The molecule has 1 atom stereocenters. The standard InChI is InChI=1S/C8H15F2N/c1-4-7(3)6-8(9,10)11-5-2/h5,7,11H,2,4,6H2,1,3H3. The summed E-state index contributed by atoms with van der Waals surface area (Å²) >= 11 is 0. The second-order valence-corrected chi connectivity index (χ2v) is 2.77. The Hall–Kier alpha value is -0.600. The van der Waals surface area contributed by atoms with Crippen molar-refractivity contribution >= 4 is 0 Å². The van der Waals surface area contributed by atoms with E-state index >= 15 is 0 Å². The zero-order valence-electron chi connectivity index (χ0n) is 7.03. The van der Waals surface area contributed by atoms with Crippen LogP contribution in [0, 0.1) is 5.92 Å². The highest BCUT2D eigenvalue weighted by molar-refractivity contribution is 4.74. The molecule has 0 spiro atoms.